The molecule has 0 aliphatic heterocycles. The van der Waals surface area contributed by atoms with Gasteiger partial charge in [0.15, 0.2) is 11.5 Å². The molecule has 160 valence electrons. The van der Waals surface area contributed by atoms with Crippen LogP contribution >= 0.6 is 0 Å². The van der Waals surface area contributed by atoms with Crippen LogP contribution in [-0.2, 0) is 0 Å². The number of hydrogen-bond donors (Lipinski definition) is 2. The average Bonchev–Trinajstić information content (AvgIpc) is 2.97. The van der Waals surface area contributed by atoms with Crippen LogP contribution < -0.4 is 19.5 Å². The molecule has 0 radical (unpaired) electrons. The highest BCUT2D eigenvalue weighted by molar-refractivity contribution is 5.54. The number of nitrogens with one attached hydrogen (secondary N) is 1. The highest BCUT2D eigenvalue weighted by atomic mass is 16.5. The molecule has 28 heavy (non-hydrogen) atoms. The van der Waals surface area contributed by atoms with Gasteiger partial charge in [-0.05, 0) is 43.5 Å². The van der Waals surface area contributed by atoms with Crippen molar-refractivity contribution in [1.29, 1.82) is 0 Å². The van der Waals surface area contributed by atoms with Gasteiger partial charge in [0, 0.05) is 12.0 Å². The van der Waals surface area contributed by atoms with E-state index in [2.05, 4.69) is 12.2 Å². The van der Waals surface area contributed by atoms with Crippen LogP contribution in [0.15, 0.2) is 12.1 Å². The van der Waals surface area contributed by atoms with Crippen molar-refractivity contribution in [3.05, 3.63) is 17.7 Å². The molecule has 0 amide bonds. The van der Waals surface area contributed by atoms with Gasteiger partial charge < -0.3 is 24.6 Å². The molecule has 0 bridgehead atoms. The second-order valence-corrected chi connectivity index (χ2v) is 7.83. The third-order valence-corrected chi connectivity index (χ3v) is 5.94. The van der Waals surface area contributed by atoms with E-state index in [0.29, 0.717) is 23.3 Å². The number of ether oxygens (including phenoxy) is 3. The van der Waals surface area contributed by atoms with Gasteiger partial charge in [0.1, 0.15) is 0 Å². The zero-order chi connectivity index (χ0) is 20.4. The summed E-state index contributed by atoms with van der Waals surface area (Å²) in [6.45, 7) is 3.27. The lowest BCUT2D eigenvalue weighted by molar-refractivity contribution is 0.0784. The van der Waals surface area contributed by atoms with Crippen LogP contribution in [0.1, 0.15) is 76.4 Å². The van der Waals surface area contributed by atoms with Crippen molar-refractivity contribution >= 4 is 0 Å². The first-order chi connectivity index (χ1) is 13.7. The summed E-state index contributed by atoms with van der Waals surface area (Å²) in [6.07, 6.45) is 10.3. The van der Waals surface area contributed by atoms with Crippen LogP contribution in [0.4, 0.5) is 0 Å². The van der Waals surface area contributed by atoms with Crippen molar-refractivity contribution in [3.8, 4) is 17.2 Å². The number of hydrogen-bond acceptors (Lipinski definition) is 5. The first kappa shape index (κ1) is 22.8. The van der Waals surface area contributed by atoms with E-state index in [4.69, 9.17) is 14.2 Å². The summed E-state index contributed by atoms with van der Waals surface area (Å²) in [6, 6.07) is 4.11. The maximum Gasteiger partial charge on any atom is 0.203 e. The summed E-state index contributed by atoms with van der Waals surface area (Å²) in [5.41, 5.74) is 0.833. The van der Waals surface area contributed by atoms with Crippen molar-refractivity contribution in [1.82, 2.24) is 5.32 Å². The number of methoxy groups -OCH3 is 3. The zero-order valence-corrected chi connectivity index (χ0v) is 18.1. The van der Waals surface area contributed by atoms with Gasteiger partial charge >= 0.3 is 0 Å². The van der Waals surface area contributed by atoms with Crippen molar-refractivity contribution in [3.63, 3.8) is 0 Å². The predicted octanol–water partition coefficient (Wildman–Crippen LogP) is 4.86. The van der Waals surface area contributed by atoms with Crippen molar-refractivity contribution in [2.45, 2.75) is 76.9 Å². The molecule has 1 aromatic carbocycles. The molecule has 1 aliphatic carbocycles. The van der Waals surface area contributed by atoms with Crippen LogP contribution in [0.2, 0.25) is 0 Å². The molecule has 2 N–H and O–H groups in total. The second-order valence-electron chi connectivity index (χ2n) is 7.83. The fourth-order valence-electron chi connectivity index (χ4n) is 4.33. The summed E-state index contributed by atoms with van der Waals surface area (Å²) in [5.74, 6) is 1.94. The third kappa shape index (κ3) is 6.02. The summed E-state index contributed by atoms with van der Waals surface area (Å²) < 4.78 is 16.4. The van der Waals surface area contributed by atoms with E-state index < -0.39 is 6.10 Å². The van der Waals surface area contributed by atoms with Gasteiger partial charge in [0.25, 0.3) is 0 Å². The molecule has 1 fully saturated rings. The quantitative estimate of drug-likeness (QED) is 0.415. The van der Waals surface area contributed by atoms with E-state index in [1.54, 1.807) is 21.3 Å². The molecule has 1 saturated carbocycles. The first-order valence-electron chi connectivity index (χ1n) is 10.9. The van der Waals surface area contributed by atoms with E-state index in [1.165, 1.54) is 44.9 Å². The highest BCUT2D eigenvalue weighted by Gasteiger charge is 2.31. The predicted molar refractivity (Wildman–Crippen MR) is 114 cm³/mol. The minimum Gasteiger partial charge on any atom is -0.493 e. The van der Waals surface area contributed by atoms with Gasteiger partial charge in [-0.1, -0.05) is 45.4 Å². The van der Waals surface area contributed by atoms with Crippen LogP contribution in [0, 0.1) is 5.92 Å². The Labute approximate surface area is 170 Å². The van der Waals surface area contributed by atoms with Crippen molar-refractivity contribution < 1.29 is 19.3 Å². The fraction of sp³-hybridized carbons (Fsp3) is 0.739. The molecule has 5 nitrogen and oxygen atoms in total. The van der Waals surface area contributed by atoms with Crippen LogP contribution in [0.5, 0.6) is 17.2 Å². The van der Waals surface area contributed by atoms with Gasteiger partial charge in [-0.15, -0.1) is 0 Å². The molecule has 0 saturated heterocycles. The molecule has 3 atom stereocenters. The Bertz CT molecular complexity index is 553. The minimum absolute atomic E-state index is 0.191. The number of aliphatic hydroxyl groups excluding tert-OH is 1. The normalized spacial score (nSPS) is 21.0. The summed E-state index contributed by atoms with van der Waals surface area (Å²) in [7, 11) is 4.82. The second kappa shape index (κ2) is 12.2. The van der Waals surface area contributed by atoms with Gasteiger partial charge in [0.2, 0.25) is 5.75 Å². The lowest BCUT2D eigenvalue weighted by Gasteiger charge is -2.31. The summed E-state index contributed by atoms with van der Waals surface area (Å²) in [5, 5.41) is 15.0. The lowest BCUT2D eigenvalue weighted by Crippen LogP contribution is -2.39. The molecular formula is C23H39NO4. The van der Waals surface area contributed by atoms with E-state index in [9.17, 15) is 5.11 Å². The van der Waals surface area contributed by atoms with Crippen LogP contribution in [-0.4, -0.2) is 39.0 Å². The maximum absolute atomic E-state index is 11.3. The SMILES string of the molecule is CCCCCCNC1CCCCCC1C(O)c1cc(OC)c(OC)c(OC)c1. The van der Waals surface area contributed by atoms with E-state index in [1.807, 2.05) is 12.1 Å². The Morgan fingerprint density at radius 3 is 2.25 bits per heavy atom. The van der Waals surface area contributed by atoms with Crippen LogP contribution in [0.25, 0.3) is 0 Å². The standard InChI is InChI=1S/C23H39NO4/c1-5-6-7-11-14-24-19-13-10-8-9-12-18(19)22(25)17-15-20(26-2)23(28-4)21(16-17)27-3/h15-16,18-19,22,24-25H,5-14H2,1-4H3. The largest absolute Gasteiger partial charge is 0.493 e. The lowest BCUT2D eigenvalue weighted by atomic mass is 9.85. The molecule has 2 rings (SSSR count). The molecule has 3 unspecified atom stereocenters. The van der Waals surface area contributed by atoms with Gasteiger partial charge in [-0.25, -0.2) is 0 Å². The van der Waals surface area contributed by atoms with E-state index in [0.717, 1.165) is 24.9 Å². The number of rotatable bonds is 11. The topological polar surface area (TPSA) is 60.0 Å². The molecule has 1 aliphatic rings. The third-order valence-electron chi connectivity index (χ3n) is 5.94. The Morgan fingerprint density at radius 2 is 1.64 bits per heavy atom. The van der Waals surface area contributed by atoms with Crippen LogP contribution in [0.3, 0.4) is 0 Å². The monoisotopic (exact) mass is 393 g/mol. The maximum atomic E-state index is 11.3. The van der Waals surface area contributed by atoms with Gasteiger partial charge in [-0.2, -0.15) is 0 Å². The van der Waals surface area contributed by atoms with Gasteiger partial charge in [-0.3, -0.25) is 0 Å². The summed E-state index contributed by atoms with van der Waals surface area (Å²) in [4.78, 5) is 0. The van der Waals surface area contributed by atoms with Crippen molar-refractivity contribution in [2.24, 2.45) is 5.92 Å². The van der Waals surface area contributed by atoms with Crippen molar-refractivity contribution in [2.75, 3.05) is 27.9 Å². The molecular weight excluding hydrogens is 354 g/mol. The molecule has 0 spiro atoms. The summed E-state index contributed by atoms with van der Waals surface area (Å²) >= 11 is 0. The minimum atomic E-state index is -0.556. The first-order valence-corrected chi connectivity index (χ1v) is 10.9. The fourth-order valence-corrected chi connectivity index (χ4v) is 4.33. The zero-order valence-electron chi connectivity index (χ0n) is 18.1. The molecule has 0 aromatic heterocycles. The Kier molecular flexibility index (Phi) is 9.93. The number of aliphatic hydroxyl groups is 1. The van der Waals surface area contributed by atoms with E-state index >= 15 is 0 Å². The molecule has 5 heteroatoms. The Morgan fingerprint density at radius 1 is 0.964 bits per heavy atom. The molecule has 1 aromatic rings. The Hall–Kier alpha value is -1.46. The highest BCUT2D eigenvalue weighted by Crippen LogP contribution is 2.42. The number of benzene rings is 1. The Balaban J connectivity index is 2.16. The average molecular weight is 394 g/mol. The number of unbranched alkanes of at least 4 members (excludes halogenated alkanes) is 3. The smallest absolute Gasteiger partial charge is 0.203 e. The molecule has 0 heterocycles. The van der Waals surface area contributed by atoms with E-state index in [-0.39, 0.29) is 5.92 Å². The van der Waals surface area contributed by atoms with Gasteiger partial charge in [0.05, 0.1) is 27.4 Å².